The van der Waals surface area contributed by atoms with Crippen molar-refractivity contribution in [3.05, 3.63) is 23.8 Å². The number of piperidine rings is 1. The molecule has 1 saturated heterocycles. The lowest BCUT2D eigenvalue weighted by molar-refractivity contribution is -0.143. The molecule has 1 N–H and O–H groups in total. The van der Waals surface area contributed by atoms with E-state index in [1.54, 1.807) is 7.11 Å². The van der Waals surface area contributed by atoms with E-state index in [1.807, 2.05) is 18.2 Å². The summed E-state index contributed by atoms with van der Waals surface area (Å²) in [5, 5.41) is 9.18. The minimum Gasteiger partial charge on any atom is -0.493 e. The Balaban J connectivity index is 1.98. The molecule has 0 saturated carbocycles. The van der Waals surface area contributed by atoms with E-state index in [-0.39, 0.29) is 5.92 Å². The molecule has 1 aromatic carbocycles. The number of nitrogens with zero attached hydrogens (tertiary/aromatic N) is 1. The van der Waals surface area contributed by atoms with Gasteiger partial charge < -0.3 is 14.6 Å². The number of hydrogen-bond donors (Lipinski definition) is 1. The van der Waals surface area contributed by atoms with Crippen molar-refractivity contribution in [2.75, 3.05) is 26.8 Å². The van der Waals surface area contributed by atoms with Crippen LogP contribution in [0.2, 0.25) is 0 Å². The summed E-state index contributed by atoms with van der Waals surface area (Å²) in [6.07, 6.45) is 3.83. The largest absolute Gasteiger partial charge is 0.493 e. The predicted octanol–water partition coefficient (Wildman–Crippen LogP) is 3.17. The lowest BCUT2D eigenvalue weighted by Gasteiger charge is -2.30. The van der Waals surface area contributed by atoms with Crippen molar-refractivity contribution in [3.8, 4) is 11.5 Å². The molecule has 1 aliphatic rings. The fraction of sp³-hybridized carbons (Fsp3) is 0.611. The van der Waals surface area contributed by atoms with Crippen LogP contribution in [0.3, 0.4) is 0 Å². The number of likely N-dealkylation sites (tertiary alicyclic amines) is 1. The summed E-state index contributed by atoms with van der Waals surface area (Å²) in [4.78, 5) is 13.4. The Morgan fingerprint density at radius 2 is 2.22 bits per heavy atom. The number of benzene rings is 1. The lowest BCUT2D eigenvalue weighted by atomic mass is 9.98. The summed E-state index contributed by atoms with van der Waals surface area (Å²) in [5.41, 5.74) is 1.12. The molecule has 0 bridgehead atoms. The molecule has 2 rings (SSSR count). The molecule has 0 aromatic heterocycles. The van der Waals surface area contributed by atoms with Crippen LogP contribution in [0.25, 0.3) is 0 Å². The smallest absolute Gasteiger partial charge is 0.307 e. The summed E-state index contributed by atoms with van der Waals surface area (Å²) in [5.74, 6) is 0.575. The highest BCUT2D eigenvalue weighted by atomic mass is 16.5. The molecule has 1 unspecified atom stereocenters. The molecular weight excluding hydrogens is 294 g/mol. The second-order valence-electron chi connectivity index (χ2n) is 6.10. The van der Waals surface area contributed by atoms with Gasteiger partial charge in [-0.15, -0.1) is 0 Å². The number of rotatable bonds is 8. The van der Waals surface area contributed by atoms with Gasteiger partial charge in [0.05, 0.1) is 19.6 Å². The van der Waals surface area contributed by atoms with Crippen LogP contribution >= 0.6 is 0 Å². The van der Waals surface area contributed by atoms with Gasteiger partial charge in [0.1, 0.15) is 0 Å². The van der Waals surface area contributed by atoms with Gasteiger partial charge in [-0.25, -0.2) is 0 Å². The van der Waals surface area contributed by atoms with Crippen LogP contribution < -0.4 is 9.47 Å². The highest BCUT2D eigenvalue weighted by Crippen LogP contribution is 2.29. The number of aliphatic carboxylic acids is 1. The van der Waals surface area contributed by atoms with Gasteiger partial charge in [-0.3, -0.25) is 9.69 Å². The van der Waals surface area contributed by atoms with Gasteiger partial charge in [-0.1, -0.05) is 19.4 Å². The van der Waals surface area contributed by atoms with Gasteiger partial charge in [-0.2, -0.15) is 0 Å². The third-order valence-corrected chi connectivity index (χ3v) is 4.24. The first kappa shape index (κ1) is 17.6. The third kappa shape index (κ3) is 5.13. The number of carbonyl (C=O) groups is 1. The van der Waals surface area contributed by atoms with Gasteiger partial charge in [0, 0.05) is 13.1 Å². The zero-order valence-electron chi connectivity index (χ0n) is 14.1. The minimum atomic E-state index is -0.688. The summed E-state index contributed by atoms with van der Waals surface area (Å²) in [7, 11) is 1.65. The Hall–Kier alpha value is -1.75. The van der Waals surface area contributed by atoms with Crippen molar-refractivity contribution < 1.29 is 19.4 Å². The Kier molecular flexibility index (Phi) is 6.71. The zero-order chi connectivity index (χ0) is 16.7. The molecule has 1 aliphatic heterocycles. The number of unbranched alkanes of at least 4 members (excludes halogenated alkanes) is 1. The molecule has 0 radical (unpaired) electrons. The number of carboxylic acid groups (broad SMARTS) is 1. The topological polar surface area (TPSA) is 59.0 Å². The first-order valence-corrected chi connectivity index (χ1v) is 8.39. The van der Waals surface area contributed by atoms with Crippen LogP contribution in [0.15, 0.2) is 18.2 Å². The Morgan fingerprint density at radius 3 is 2.91 bits per heavy atom. The van der Waals surface area contributed by atoms with E-state index in [0.717, 1.165) is 55.8 Å². The summed E-state index contributed by atoms with van der Waals surface area (Å²) in [6.45, 7) is 5.13. The molecule has 23 heavy (non-hydrogen) atoms. The van der Waals surface area contributed by atoms with Crippen molar-refractivity contribution in [2.24, 2.45) is 5.92 Å². The predicted molar refractivity (Wildman–Crippen MR) is 89.0 cm³/mol. The maximum absolute atomic E-state index is 11.2. The second-order valence-corrected chi connectivity index (χ2v) is 6.10. The Labute approximate surface area is 138 Å². The van der Waals surface area contributed by atoms with Crippen LogP contribution in [0, 0.1) is 5.92 Å². The molecule has 0 spiro atoms. The monoisotopic (exact) mass is 321 g/mol. The Morgan fingerprint density at radius 1 is 1.39 bits per heavy atom. The molecule has 1 atom stereocenters. The van der Waals surface area contributed by atoms with E-state index in [9.17, 15) is 9.90 Å². The summed E-state index contributed by atoms with van der Waals surface area (Å²) < 4.78 is 11.2. The first-order valence-electron chi connectivity index (χ1n) is 8.39. The van der Waals surface area contributed by atoms with Gasteiger partial charge in [0.15, 0.2) is 11.5 Å². The van der Waals surface area contributed by atoms with Crippen molar-refractivity contribution >= 4 is 5.97 Å². The van der Waals surface area contributed by atoms with Crippen LogP contribution in [0.5, 0.6) is 11.5 Å². The quantitative estimate of drug-likeness (QED) is 0.745. The van der Waals surface area contributed by atoms with Crippen molar-refractivity contribution in [1.29, 1.82) is 0 Å². The molecule has 128 valence electrons. The van der Waals surface area contributed by atoms with Crippen molar-refractivity contribution in [1.82, 2.24) is 4.90 Å². The van der Waals surface area contributed by atoms with E-state index >= 15 is 0 Å². The van der Waals surface area contributed by atoms with Crippen LogP contribution in [0.4, 0.5) is 0 Å². The molecule has 0 amide bonds. The molecule has 1 heterocycles. The number of ether oxygens (including phenoxy) is 2. The molecule has 1 fully saturated rings. The average Bonchev–Trinajstić information content (AvgIpc) is 2.56. The van der Waals surface area contributed by atoms with E-state index in [2.05, 4.69) is 11.8 Å². The standard InChI is InChI=1S/C18H27NO4/c1-3-4-10-23-16-8-7-14(11-17(16)22-2)12-19-9-5-6-15(13-19)18(20)21/h7-8,11,15H,3-6,9-10,12-13H2,1-2H3,(H,20,21). The van der Waals surface area contributed by atoms with Crippen LogP contribution in [-0.4, -0.2) is 42.8 Å². The fourth-order valence-electron chi connectivity index (χ4n) is 2.91. The Bertz CT molecular complexity index is 518. The van der Waals surface area contributed by atoms with Crippen LogP contribution in [0.1, 0.15) is 38.2 Å². The SMILES string of the molecule is CCCCOc1ccc(CN2CCCC(C(=O)O)C2)cc1OC. The molecule has 5 heteroatoms. The summed E-state index contributed by atoms with van der Waals surface area (Å²) >= 11 is 0. The lowest BCUT2D eigenvalue weighted by Crippen LogP contribution is -2.38. The van der Waals surface area contributed by atoms with Gasteiger partial charge in [0.2, 0.25) is 0 Å². The van der Waals surface area contributed by atoms with Crippen molar-refractivity contribution in [2.45, 2.75) is 39.2 Å². The van der Waals surface area contributed by atoms with Crippen molar-refractivity contribution in [3.63, 3.8) is 0 Å². The van der Waals surface area contributed by atoms with E-state index in [0.29, 0.717) is 13.2 Å². The molecule has 1 aromatic rings. The van der Waals surface area contributed by atoms with Gasteiger partial charge >= 0.3 is 5.97 Å². The fourth-order valence-corrected chi connectivity index (χ4v) is 2.91. The van der Waals surface area contributed by atoms with E-state index in [1.165, 1.54) is 0 Å². The second kappa shape index (κ2) is 8.77. The zero-order valence-corrected chi connectivity index (χ0v) is 14.1. The molecular formula is C18H27NO4. The maximum Gasteiger partial charge on any atom is 0.307 e. The normalized spacial score (nSPS) is 18.6. The molecule has 5 nitrogen and oxygen atoms in total. The molecule has 0 aliphatic carbocycles. The number of methoxy groups -OCH3 is 1. The van der Waals surface area contributed by atoms with Crippen LogP contribution in [-0.2, 0) is 11.3 Å². The highest BCUT2D eigenvalue weighted by molar-refractivity contribution is 5.70. The third-order valence-electron chi connectivity index (χ3n) is 4.24. The summed E-state index contributed by atoms with van der Waals surface area (Å²) in [6, 6.07) is 5.97. The van der Waals surface area contributed by atoms with Gasteiger partial charge in [0.25, 0.3) is 0 Å². The number of hydrogen-bond acceptors (Lipinski definition) is 4. The van der Waals surface area contributed by atoms with E-state index in [4.69, 9.17) is 9.47 Å². The first-order chi connectivity index (χ1) is 11.1. The van der Waals surface area contributed by atoms with E-state index < -0.39 is 5.97 Å². The highest BCUT2D eigenvalue weighted by Gasteiger charge is 2.25. The van der Waals surface area contributed by atoms with Gasteiger partial charge in [-0.05, 0) is 43.5 Å². The number of carboxylic acids is 1. The maximum atomic E-state index is 11.2. The average molecular weight is 321 g/mol. The minimum absolute atomic E-state index is 0.248.